The predicted molar refractivity (Wildman–Crippen MR) is 66.1 cm³/mol. The summed E-state index contributed by atoms with van der Waals surface area (Å²) in [6, 6.07) is 5.08. The first-order valence-electron chi connectivity index (χ1n) is 5.03. The second-order valence-corrected chi connectivity index (χ2v) is 4.35. The second kappa shape index (κ2) is 5.93. The van der Waals surface area contributed by atoms with Gasteiger partial charge in [0.05, 0.1) is 0 Å². The quantitative estimate of drug-likeness (QED) is 0.814. The normalized spacial score (nSPS) is 12.2. The molecule has 0 aliphatic carbocycles. The smallest absolute Gasteiger partial charge is 0.337 e. The summed E-state index contributed by atoms with van der Waals surface area (Å²) in [5.41, 5.74) is 1.69. The number of carbonyl (C=O) groups excluding carboxylic acids is 1. The van der Waals surface area contributed by atoms with Crippen molar-refractivity contribution < 1.29 is 19.8 Å². The third kappa shape index (κ3) is 3.64. The number of ketones is 1. The molecular formula is C12H13BrO4. The van der Waals surface area contributed by atoms with E-state index in [1.807, 2.05) is 0 Å². The molecule has 1 atom stereocenters. The average Bonchev–Trinajstić information content (AvgIpc) is 2.27. The highest BCUT2D eigenvalue weighted by atomic mass is 79.9. The molecule has 0 bridgehead atoms. The van der Waals surface area contributed by atoms with Gasteiger partial charge in [0, 0.05) is 11.8 Å². The number of aliphatic hydroxyl groups excluding tert-OH is 1. The van der Waals surface area contributed by atoms with Crippen LogP contribution in [0.4, 0.5) is 0 Å². The van der Waals surface area contributed by atoms with Crippen LogP contribution in [-0.2, 0) is 21.3 Å². The van der Waals surface area contributed by atoms with Gasteiger partial charge in [-0.25, -0.2) is 4.79 Å². The van der Waals surface area contributed by atoms with Crippen molar-refractivity contribution in [2.45, 2.75) is 24.8 Å². The molecule has 1 rings (SSSR count). The Kier molecular flexibility index (Phi) is 4.84. The van der Waals surface area contributed by atoms with Gasteiger partial charge in [-0.2, -0.15) is 0 Å². The Morgan fingerprint density at radius 1 is 1.41 bits per heavy atom. The van der Waals surface area contributed by atoms with Gasteiger partial charge in [0.2, 0.25) is 0 Å². The number of hydrogen-bond acceptors (Lipinski definition) is 3. The van der Waals surface area contributed by atoms with Crippen LogP contribution in [0.2, 0.25) is 0 Å². The van der Waals surface area contributed by atoms with Crippen LogP contribution in [0, 0.1) is 0 Å². The highest BCUT2D eigenvalue weighted by Gasteiger charge is 2.20. The molecule has 1 unspecified atom stereocenters. The maximum atomic E-state index is 11.1. The molecule has 0 fully saturated rings. The first kappa shape index (κ1) is 13.9. The SMILES string of the molecule is CC(=O)Cc1ccc(CBr)cc1C(O)C(=O)O. The van der Waals surface area contributed by atoms with E-state index in [0.717, 1.165) is 5.56 Å². The molecule has 0 heterocycles. The summed E-state index contributed by atoms with van der Waals surface area (Å²) in [4.78, 5) is 21.9. The number of hydrogen-bond donors (Lipinski definition) is 2. The third-order valence-electron chi connectivity index (χ3n) is 2.33. The largest absolute Gasteiger partial charge is 0.479 e. The molecule has 0 radical (unpaired) electrons. The first-order valence-corrected chi connectivity index (χ1v) is 6.15. The molecule has 0 saturated heterocycles. The molecule has 1 aromatic rings. The Bertz CT molecular complexity index is 442. The van der Waals surface area contributed by atoms with Gasteiger partial charge in [0.1, 0.15) is 5.78 Å². The van der Waals surface area contributed by atoms with Crippen LogP contribution in [0.1, 0.15) is 29.7 Å². The summed E-state index contributed by atoms with van der Waals surface area (Å²) in [6.45, 7) is 1.43. The van der Waals surface area contributed by atoms with Crippen LogP contribution < -0.4 is 0 Å². The third-order valence-corrected chi connectivity index (χ3v) is 2.98. The van der Waals surface area contributed by atoms with Crippen LogP contribution in [0.5, 0.6) is 0 Å². The fourth-order valence-electron chi connectivity index (χ4n) is 1.54. The molecule has 0 aliphatic heterocycles. The maximum absolute atomic E-state index is 11.1. The number of benzene rings is 1. The van der Waals surface area contributed by atoms with E-state index in [9.17, 15) is 14.7 Å². The molecule has 0 aliphatic rings. The second-order valence-electron chi connectivity index (χ2n) is 3.79. The standard InChI is InChI=1S/C12H13BrO4/c1-7(14)4-9-3-2-8(6-13)5-10(9)11(15)12(16)17/h2-3,5,11,15H,4,6H2,1H3,(H,16,17). The van der Waals surface area contributed by atoms with Gasteiger partial charge in [-0.1, -0.05) is 34.1 Å². The molecule has 0 spiro atoms. The molecule has 17 heavy (non-hydrogen) atoms. The number of rotatable bonds is 5. The fourth-order valence-corrected chi connectivity index (χ4v) is 1.89. The van der Waals surface area contributed by atoms with Crippen molar-refractivity contribution in [2.24, 2.45) is 0 Å². The van der Waals surface area contributed by atoms with Gasteiger partial charge in [-0.05, 0) is 23.6 Å². The summed E-state index contributed by atoms with van der Waals surface area (Å²) in [7, 11) is 0. The van der Waals surface area contributed by atoms with Gasteiger partial charge in [-0.3, -0.25) is 4.79 Å². The van der Waals surface area contributed by atoms with Crippen LogP contribution in [0.25, 0.3) is 0 Å². The number of aliphatic carboxylic acids is 1. The Hall–Kier alpha value is -1.20. The van der Waals surface area contributed by atoms with Crippen LogP contribution in [0.15, 0.2) is 18.2 Å². The van der Waals surface area contributed by atoms with Gasteiger partial charge < -0.3 is 10.2 Å². The Morgan fingerprint density at radius 2 is 2.06 bits per heavy atom. The molecule has 0 aromatic heterocycles. The summed E-state index contributed by atoms with van der Waals surface area (Å²) in [5.74, 6) is -1.39. The lowest BCUT2D eigenvalue weighted by Crippen LogP contribution is -2.14. The Labute approximate surface area is 107 Å². The predicted octanol–water partition coefficient (Wildman–Crippen LogP) is 1.83. The van der Waals surface area contributed by atoms with E-state index in [2.05, 4.69) is 15.9 Å². The van der Waals surface area contributed by atoms with E-state index < -0.39 is 12.1 Å². The van der Waals surface area contributed by atoms with Gasteiger partial charge in [-0.15, -0.1) is 0 Å². The topological polar surface area (TPSA) is 74.6 Å². The number of Topliss-reactive ketones (excluding diaryl/α,β-unsaturated/α-hetero) is 1. The van der Waals surface area contributed by atoms with E-state index in [1.54, 1.807) is 18.2 Å². The molecule has 1 aromatic carbocycles. The van der Waals surface area contributed by atoms with Crippen LogP contribution >= 0.6 is 15.9 Å². The van der Waals surface area contributed by atoms with Crippen LogP contribution in [0.3, 0.4) is 0 Å². The van der Waals surface area contributed by atoms with E-state index in [1.165, 1.54) is 6.92 Å². The zero-order valence-corrected chi connectivity index (χ0v) is 10.9. The maximum Gasteiger partial charge on any atom is 0.337 e. The van der Waals surface area contributed by atoms with E-state index >= 15 is 0 Å². The number of carboxylic acids is 1. The molecule has 5 heteroatoms. The van der Waals surface area contributed by atoms with Crippen molar-refractivity contribution in [1.29, 1.82) is 0 Å². The number of carbonyl (C=O) groups is 2. The molecule has 4 nitrogen and oxygen atoms in total. The van der Waals surface area contributed by atoms with E-state index in [4.69, 9.17) is 5.11 Å². The highest BCUT2D eigenvalue weighted by molar-refractivity contribution is 9.08. The Balaban J connectivity index is 3.20. The van der Waals surface area contributed by atoms with E-state index in [-0.39, 0.29) is 17.8 Å². The number of carboxylic acid groups (broad SMARTS) is 1. The molecule has 0 amide bonds. The zero-order chi connectivity index (χ0) is 13.0. The molecular weight excluding hydrogens is 288 g/mol. The van der Waals surface area contributed by atoms with Crippen molar-refractivity contribution in [3.63, 3.8) is 0 Å². The van der Waals surface area contributed by atoms with Crippen LogP contribution in [-0.4, -0.2) is 22.0 Å². The molecule has 2 N–H and O–H groups in total. The molecule has 92 valence electrons. The minimum absolute atomic E-state index is 0.0737. The van der Waals surface area contributed by atoms with Crippen molar-refractivity contribution in [2.75, 3.05) is 0 Å². The fraction of sp³-hybridized carbons (Fsp3) is 0.333. The summed E-state index contributed by atoms with van der Waals surface area (Å²) >= 11 is 3.26. The van der Waals surface area contributed by atoms with Gasteiger partial charge >= 0.3 is 5.97 Å². The van der Waals surface area contributed by atoms with E-state index in [0.29, 0.717) is 10.9 Å². The lowest BCUT2D eigenvalue weighted by Gasteiger charge is -2.12. The average molecular weight is 301 g/mol. The summed E-state index contributed by atoms with van der Waals surface area (Å²) in [5, 5.41) is 19.0. The number of alkyl halides is 1. The summed E-state index contributed by atoms with van der Waals surface area (Å²) < 4.78 is 0. The van der Waals surface area contributed by atoms with Crippen molar-refractivity contribution in [1.82, 2.24) is 0 Å². The minimum atomic E-state index is -1.59. The zero-order valence-electron chi connectivity index (χ0n) is 9.31. The monoisotopic (exact) mass is 300 g/mol. The first-order chi connectivity index (χ1) is 7.95. The molecule has 0 saturated carbocycles. The van der Waals surface area contributed by atoms with Crippen molar-refractivity contribution >= 4 is 27.7 Å². The van der Waals surface area contributed by atoms with Crippen molar-refractivity contribution in [3.05, 3.63) is 34.9 Å². The van der Waals surface area contributed by atoms with Gasteiger partial charge in [0.25, 0.3) is 0 Å². The van der Waals surface area contributed by atoms with Crippen molar-refractivity contribution in [3.8, 4) is 0 Å². The number of aliphatic hydroxyl groups is 1. The van der Waals surface area contributed by atoms with Gasteiger partial charge in [0.15, 0.2) is 6.10 Å². The minimum Gasteiger partial charge on any atom is -0.479 e. The highest BCUT2D eigenvalue weighted by Crippen LogP contribution is 2.22. The lowest BCUT2D eigenvalue weighted by atomic mass is 9.96. The Morgan fingerprint density at radius 3 is 2.53 bits per heavy atom. The lowest BCUT2D eigenvalue weighted by molar-refractivity contribution is -0.147. The number of halogens is 1. The summed E-state index contributed by atoms with van der Waals surface area (Å²) in [6.07, 6.45) is -1.47.